The van der Waals surface area contributed by atoms with Crippen molar-refractivity contribution in [2.75, 3.05) is 19.6 Å². The minimum absolute atomic E-state index is 1.01. The number of hydrogen-bond acceptors (Lipinski definition) is 2. The van der Waals surface area contributed by atoms with Crippen molar-refractivity contribution in [3.8, 4) is 0 Å². The molecule has 1 nitrogen and oxygen atoms in total. The average molecular weight is 271 g/mol. The second-order valence-electron chi connectivity index (χ2n) is 6.20. The molecule has 0 radical (unpaired) electrons. The molecule has 0 amide bonds. The molecule has 1 fully saturated rings. The van der Waals surface area contributed by atoms with Gasteiger partial charge in [-0.15, -0.1) is 0 Å². The summed E-state index contributed by atoms with van der Waals surface area (Å²) in [6.07, 6.45) is 6.89. The highest BCUT2D eigenvalue weighted by atomic mass is 32.2. The minimum Gasteiger partial charge on any atom is -0.299 e. The molecule has 1 saturated carbocycles. The molecule has 0 spiro atoms. The van der Waals surface area contributed by atoms with E-state index in [0.717, 1.165) is 5.92 Å². The van der Waals surface area contributed by atoms with Crippen LogP contribution in [0.2, 0.25) is 0 Å². The van der Waals surface area contributed by atoms with Crippen molar-refractivity contribution in [2.45, 2.75) is 37.0 Å². The van der Waals surface area contributed by atoms with Crippen molar-refractivity contribution in [1.82, 2.24) is 4.90 Å². The Kier molecular flexibility index (Phi) is 3.16. The summed E-state index contributed by atoms with van der Waals surface area (Å²) in [5, 5.41) is 0. The molecule has 0 N–H and O–H groups in total. The molecular formula is C17H21NS. The molecule has 0 saturated heterocycles. The van der Waals surface area contributed by atoms with Crippen molar-refractivity contribution in [1.29, 1.82) is 0 Å². The standard InChI is InChI=1S/C17H21NS/c1-2-7-16-14(6-1)10-15-12-18(9-8-17(15)19-16)11-13-4-3-5-13/h1-2,6-7,13H,3-5,8-12H2. The van der Waals surface area contributed by atoms with Gasteiger partial charge in [0.1, 0.15) is 0 Å². The van der Waals surface area contributed by atoms with E-state index in [4.69, 9.17) is 0 Å². The highest BCUT2D eigenvalue weighted by Crippen LogP contribution is 2.42. The lowest BCUT2D eigenvalue weighted by Crippen LogP contribution is -2.38. The molecule has 0 unspecified atom stereocenters. The van der Waals surface area contributed by atoms with Crippen molar-refractivity contribution in [2.24, 2.45) is 5.92 Å². The van der Waals surface area contributed by atoms with E-state index in [-0.39, 0.29) is 0 Å². The van der Waals surface area contributed by atoms with Crippen LogP contribution >= 0.6 is 11.8 Å². The quantitative estimate of drug-likeness (QED) is 0.797. The Bertz CT molecular complexity index is 516. The summed E-state index contributed by atoms with van der Waals surface area (Å²) in [5.74, 6) is 1.01. The van der Waals surface area contributed by atoms with Gasteiger partial charge in [-0.05, 0) is 53.7 Å². The molecule has 0 aromatic heterocycles. The van der Waals surface area contributed by atoms with E-state index in [1.165, 1.54) is 62.2 Å². The van der Waals surface area contributed by atoms with Gasteiger partial charge in [0, 0.05) is 24.5 Å². The van der Waals surface area contributed by atoms with Gasteiger partial charge in [0.15, 0.2) is 0 Å². The van der Waals surface area contributed by atoms with Gasteiger partial charge >= 0.3 is 0 Å². The van der Waals surface area contributed by atoms with Gasteiger partial charge in [-0.3, -0.25) is 4.90 Å². The molecule has 3 aliphatic rings. The maximum atomic E-state index is 2.71. The smallest absolute Gasteiger partial charge is 0.0207 e. The number of rotatable bonds is 2. The molecule has 1 aromatic carbocycles. The first-order chi connectivity index (χ1) is 9.38. The van der Waals surface area contributed by atoms with Crippen LogP contribution < -0.4 is 0 Å². The Hall–Kier alpha value is -0.730. The van der Waals surface area contributed by atoms with Crippen molar-refractivity contribution in [3.63, 3.8) is 0 Å². The fourth-order valence-corrected chi connectivity index (χ4v) is 4.62. The third-order valence-corrected chi connectivity index (χ3v) is 6.17. The summed E-state index contributed by atoms with van der Waals surface area (Å²) in [6.45, 7) is 3.86. The molecule has 100 valence electrons. The maximum Gasteiger partial charge on any atom is 0.0207 e. The molecule has 2 aliphatic heterocycles. The topological polar surface area (TPSA) is 3.24 Å². The highest BCUT2D eigenvalue weighted by molar-refractivity contribution is 8.03. The maximum absolute atomic E-state index is 2.71. The molecule has 2 heterocycles. The van der Waals surface area contributed by atoms with Gasteiger partial charge in [-0.2, -0.15) is 0 Å². The van der Waals surface area contributed by atoms with E-state index in [1.54, 1.807) is 10.5 Å². The Morgan fingerprint density at radius 2 is 2.11 bits per heavy atom. The first-order valence-corrected chi connectivity index (χ1v) is 8.39. The summed E-state index contributed by atoms with van der Waals surface area (Å²) in [7, 11) is 0. The van der Waals surface area contributed by atoms with Crippen molar-refractivity contribution >= 4 is 11.8 Å². The normalized spacial score (nSPS) is 23.8. The highest BCUT2D eigenvalue weighted by Gasteiger charge is 2.27. The number of hydrogen-bond donors (Lipinski definition) is 0. The second-order valence-corrected chi connectivity index (χ2v) is 7.33. The SMILES string of the molecule is c1ccc2c(c1)CC1=C(CCN(CC3CCC3)C1)S2. The largest absolute Gasteiger partial charge is 0.299 e. The molecular weight excluding hydrogens is 250 g/mol. The summed E-state index contributed by atoms with van der Waals surface area (Å²) in [5.41, 5.74) is 3.24. The zero-order valence-electron chi connectivity index (χ0n) is 11.4. The number of benzene rings is 1. The van der Waals surface area contributed by atoms with Crippen LogP contribution in [0, 0.1) is 5.92 Å². The van der Waals surface area contributed by atoms with Crippen LogP contribution in [-0.2, 0) is 6.42 Å². The Balaban J connectivity index is 1.48. The zero-order chi connectivity index (χ0) is 12.7. The van der Waals surface area contributed by atoms with E-state index >= 15 is 0 Å². The molecule has 2 heteroatoms. The third-order valence-electron chi connectivity index (χ3n) is 4.81. The summed E-state index contributed by atoms with van der Waals surface area (Å²) >= 11 is 2.03. The summed E-state index contributed by atoms with van der Waals surface area (Å²) < 4.78 is 0. The summed E-state index contributed by atoms with van der Waals surface area (Å²) in [4.78, 5) is 5.87. The first-order valence-electron chi connectivity index (χ1n) is 7.57. The average Bonchev–Trinajstić information content (AvgIpc) is 2.40. The second kappa shape index (κ2) is 4.99. The van der Waals surface area contributed by atoms with Crippen LogP contribution in [0.15, 0.2) is 39.6 Å². The van der Waals surface area contributed by atoms with Crippen LogP contribution in [0.3, 0.4) is 0 Å². The van der Waals surface area contributed by atoms with Gasteiger partial charge in [0.2, 0.25) is 0 Å². The number of thioether (sulfide) groups is 1. The molecule has 19 heavy (non-hydrogen) atoms. The Morgan fingerprint density at radius 3 is 2.95 bits per heavy atom. The van der Waals surface area contributed by atoms with Crippen molar-refractivity contribution in [3.05, 3.63) is 40.3 Å². The fraction of sp³-hybridized carbons (Fsp3) is 0.529. The lowest BCUT2D eigenvalue weighted by Gasteiger charge is -2.37. The van der Waals surface area contributed by atoms with E-state index < -0.39 is 0 Å². The molecule has 0 bridgehead atoms. The van der Waals surface area contributed by atoms with E-state index in [1.807, 2.05) is 11.8 Å². The van der Waals surface area contributed by atoms with Gasteiger partial charge in [0.05, 0.1) is 0 Å². The van der Waals surface area contributed by atoms with Crippen molar-refractivity contribution < 1.29 is 0 Å². The molecule has 1 aliphatic carbocycles. The molecule has 1 aromatic rings. The predicted octanol–water partition coefficient (Wildman–Crippen LogP) is 4.09. The first kappa shape index (κ1) is 12.0. The van der Waals surface area contributed by atoms with Gasteiger partial charge in [-0.25, -0.2) is 0 Å². The van der Waals surface area contributed by atoms with E-state index in [0.29, 0.717) is 0 Å². The van der Waals surface area contributed by atoms with Crippen LogP contribution in [0.5, 0.6) is 0 Å². The minimum atomic E-state index is 1.01. The van der Waals surface area contributed by atoms with Gasteiger partial charge in [-0.1, -0.05) is 36.4 Å². The lowest BCUT2D eigenvalue weighted by atomic mass is 9.84. The number of nitrogens with zero attached hydrogens (tertiary/aromatic N) is 1. The lowest BCUT2D eigenvalue weighted by molar-refractivity contribution is 0.184. The van der Waals surface area contributed by atoms with Crippen LogP contribution in [0.25, 0.3) is 0 Å². The zero-order valence-corrected chi connectivity index (χ0v) is 12.2. The van der Waals surface area contributed by atoms with Crippen LogP contribution in [-0.4, -0.2) is 24.5 Å². The van der Waals surface area contributed by atoms with Crippen LogP contribution in [0.1, 0.15) is 31.2 Å². The van der Waals surface area contributed by atoms with E-state index in [2.05, 4.69) is 29.2 Å². The number of fused-ring (bicyclic) bond motifs is 1. The monoisotopic (exact) mass is 271 g/mol. The summed E-state index contributed by atoms with van der Waals surface area (Å²) in [6, 6.07) is 8.94. The Labute approximate surface area is 120 Å². The molecule has 4 rings (SSSR count). The third kappa shape index (κ3) is 2.36. The Morgan fingerprint density at radius 1 is 1.21 bits per heavy atom. The molecule has 0 atom stereocenters. The fourth-order valence-electron chi connectivity index (χ4n) is 3.46. The predicted molar refractivity (Wildman–Crippen MR) is 81.4 cm³/mol. The van der Waals surface area contributed by atoms with Gasteiger partial charge < -0.3 is 0 Å². The van der Waals surface area contributed by atoms with Gasteiger partial charge in [0.25, 0.3) is 0 Å². The van der Waals surface area contributed by atoms with Crippen LogP contribution in [0.4, 0.5) is 0 Å². The van der Waals surface area contributed by atoms with E-state index in [9.17, 15) is 0 Å².